The lowest BCUT2D eigenvalue weighted by Gasteiger charge is -2.17. The molecule has 0 radical (unpaired) electrons. The number of nitrogens with one attached hydrogen (secondary N) is 1. The molecule has 17 heavy (non-hydrogen) atoms. The summed E-state index contributed by atoms with van der Waals surface area (Å²) in [5.74, 6) is 0. The van der Waals surface area contributed by atoms with Crippen LogP contribution in [-0.2, 0) is 0 Å². The number of nitrogens with zero attached hydrogens (tertiary/aromatic N) is 3. The Morgan fingerprint density at radius 1 is 1.41 bits per heavy atom. The Balaban J connectivity index is 2.34. The first-order valence-corrected chi connectivity index (χ1v) is 6.13. The van der Waals surface area contributed by atoms with Crippen LogP contribution in [0.3, 0.4) is 0 Å². The molecule has 0 aromatic carbocycles. The third kappa shape index (κ3) is 4.41. The van der Waals surface area contributed by atoms with E-state index in [2.05, 4.69) is 35.1 Å². The van der Waals surface area contributed by atoms with Crippen LogP contribution in [0.4, 0.5) is 5.69 Å². The molecule has 0 aliphatic carbocycles. The van der Waals surface area contributed by atoms with Crippen LogP contribution in [0.5, 0.6) is 0 Å². The van der Waals surface area contributed by atoms with E-state index in [0.717, 1.165) is 38.3 Å². The lowest BCUT2D eigenvalue weighted by atomic mass is 10.3. The zero-order valence-electron chi connectivity index (χ0n) is 10.6. The van der Waals surface area contributed by atoms with Crippen LogP contribution in [0.15, 0.2) is 18.3 Å². The van der Waals surface area contributed by atoms with Crippen LogP contribution in [0.1, 0.15) is 26.0 Å². The van der Waals surface area contributed by atoms with Crippen molar-refractivity contribution in [2.24, 2.45) is 0 Å². The number of anilines is 1. The number of aromatic nitrogens is 1. The first-order chi connectivity index (χ1) is 8.31. The highest BCUT2D eigenvalue weighted by Gasteiger charge is 2.01. The standard InChI is InChI=1S/C13H20N4/c1-3-17(4-2)10-6-9-15-12-7-5-8-16-13(12)11-14/h5,7-8,15H,3-4,6,9-10H2,1-2H3. The molecule has 0 aliphatic heterocycles. The molecule has 1 aromatic heterocycles. The van der Waals surface area contributed by atoms with E-state index < -0.39 is 0 Å². The Morgan fingerprint density at radius 2 is 2.18 bits per heavy atom. The molecule has 1 rings (SSSR count). The topological polar surface area (TPSA) is 52.0 Å². The zero-order chi connectivity index (χ0) is 12.5. The first-order valence-electron chi connectivity index (χ1n) is 6.13. The molecule has 0 aliphatic rings. The third-order valence-corrected chi connectivity index (χ3v) is 2.77. The highest BCUT2D eigenvalue weighted by molar-refractivity contribution is 5.53. The highest BCUT2D eigenvalue weighted by atomic mass is 15.1. The fourth-order valence-corrected chi connectivity index (χ4v) is 1.70. The van der Waals surface area contributed by atoms with Crippen molar-refractivity contribution in [3.8, 4) is 6.07 Å². The summed E-state index contributed by atoms with van der Waals surface area (Å²) in [6, 6.07) is 5.82. The first kappa shape index (κ1) is 13.5. The summed E-state index contributed by atoms with van der Waals surface area (Å²) in [6.45, 7) is 8.48. The number of hydrogen-bond donors (Lipinski definition) is 1. The Labute approximate surface area is 103 Å². The summed E-state index contributed by atoms with van der Waals surface area (Å²) in [5.41, 5.74) is 1.30. The summed E-state index contributed by atoms with van der Waals surface area (Å²) in [5, 5.41) is 12.1. The molecule has 1 heterocycles. The summed E-state index contributed by atoms with van der Waals surface area (Å²) < 4.78 is 0. The molecule has 0 fully saturated rings. The van der Waals surface area contributed by atoms with Gasteiger partial charge >= 0.3 is 0 Å². The Kier molecular flexibility index (Phi) is 6.05. The second-order valence-corrected chi connectivity index (χ2v) is 3.82. The molecule has 0 spiro atoms. The summed E-state index contributed by atoms with van der Waals surface area (Å²) in [6.07, 6.45) is 2.71. The van der Waals surface area contributed by atoms with Gasteiger partial charge < -0.3 is 10.2 Å². The molecule has 4 heteroatoms. The van der Waals surface area contributed by atoms with Crippen LogP contribution in [0, 0.1) is 11.3 Å². The smallest absolute Gasteiger partial charge is 0.163 e. The summed E-state index contributed by atoms with van der Waals surface area (Å²) in [7, 11) is 0. The molecular formula is C13H20N4. The van der Waals surface area contributed by atoms with Gasteiger partial charge in [0.1, 0.15) is 6.07 Å². The van der Waals surface area contributed by atoms with E-state index in [4.69, 9.17) is 5.26 Å². The third-order valence-electron chi connectivity index (χ3n) is 2.77. The Morgan fingerprint density at radius 3 is 2.82 bits per heavy atom. The lowest BCUT2D eigenvalue weighted by Crippen LogP contribution is -2.25. The van der Waals surface area contributed by atoms with Gasteiger partial charge in [-0.2, -0.15) is 5.26 Å². The van der Waals surface area contributed by atoms with Gasteiger partial charge in [-0.25, -0.2) is 4.98 Å². The van der Waals surface area contributed by atoms with Gasteiger partial charge in [0.15, 0.2) is 5.69 Å². The monoisotopic (exact) mass is 232 g/mol. The van der Waals surface area contributed by atoms with E-state index in [0.29, 0.717) is 5.69 Å². The van der Waals surface area contributed by atoms with Crippen LogP contribution in [0.2, 0.25) is 0 Å². The molecule has 0 unspecified atom stereocenters. The van der Waals surface area contributed by atoms with Crippen LogP contribution >= 0.6 is 0 Å². The largest absolute Gasteiger partial charge is 0.383 e. The lowest BCUT2D eigenvalue weighted by molar-refractivity contribution is 0.303. The molecule has 1 N–H and O–H groups in total. The predicted molar refractivity (Wildman–Crippen MR) is 69.8 cm³/mol. The SMILES string of the molecule is CCN(CC)CCCNc1cccnc1C#N. The second kappa shape index (κ2) is 7.64. The number of nitriles is 1. The van der Waals surface area contributed by atoms with Crippen molar-refractivity contribution in [1.82, 2.24) is 9.88 Å². The van der Waals surface area contributed by atoms with Crippen molar-refractivity contribution < 1.29 is 0 Å². The average Bonchev–Trinajstić information content (AvgIpc) is 2.39. The second-order valence-electron chi connectivity index (χ2n) is 3.82. The molecular weight excluding hydrogens is 212 g/mol. The molecule has 0 amide bonds. The van der Waals surface area contributed by atoms with E-state index in [9.17, 15) is 0 Å². The van der Waals surface area contributed by atoms with Gasteiger partial charge in [0, 0.05) is 12.7 Å². The predicted octanol–water partition coefficient (Wildman–Crippen LogP) is 2.10. The quantitative estimate of drug-likeness (QED) is 0.731. The molecule has 0 saturated heterocycles. The maximum absolute atomic E-state index is 8.88. The van der Waals surface area contributed by atoms with Crippen molar-refractivity contribution >= 4 is 5.69 Å². The minimum Gasteiger partial charge on any atom is -0.383 e. The maximum atomic E-state index is 8.88. The fourth-order valence-electron chi connectivity index (χ4n) is 1.70. The molecule has 4 nitrogen and oxygen atoms in total. The van der Waals surface area contributed by atoms with Crippen LogP contribution in [0.25, 0.3) is 0 Å². The van der Waals surface area contributed by atoms with Gasteiger partial charge in [0.05, 0.1) is 5.69 Å². The van der Waals surface area contributed by atoms with E-state index in [1.165, 1.54) is 0 Å². The van der Waals surface area contributed by atoms with E-state index in [-0.39, 0.29) is 0 Å². The van der Waals surface area contributed by atoms with Crippen molar-refractivity contribution in [3.63, 3.8) is 0 Å². The van der Waals surface area contributed by atoms with Gasteiger partial charge in [-0.3, -0.25) is 0 Å². The van der Waals surface area contributed by atoms with E-state index in [1.807, 2.05) is 12.1 Å². The van der Waals surface area contributed by atoms with Crippen LogP contribution in [-0.4, -0.2) is 36.1 Å². The van der Waals surface area contributed by atoms with E-state index in [1.54, 1.807) is 6.20 Å². The van der Waals surface area contributed by atoms with E-state index >= 15 is 0 Å². The van der Waals surface area contributed by atoms with Crippen molar-refractivity contribution in [2.45, 2.75) is 20.3 Å². The molecule has 0 atom stereocenters. The summed E-state index contributed by atoms with van der Waals surface area (Å²) >= 11 is 0. The number of hydrogen-bond acceptors (Lipinski definition) is 4. The average molecular weight is 232 g/mol. The normalized spacial score (nSPS) is 10.2. The number of rotatable bonds is 7. The highest BCUT2D eigenvalue weighted by Crippen LogP contribution is 2.10. The molecule has 0 saturated carbocycles. The zero-order valence-corrected chi connectivity index (χ0v) is 10.6. The van der Waals surface area contributed by atoms with Gasteiger partial charge in [0.2, 0.25) is 0 Å². The Bertz CT molecular complexity index is 366. The van der Waals surface area contributed by atoms with Gasteiger partial charge in [0.25, 0.3) is 0 Å². The summed E-state index contributed by atoms with van der Waals surface area (Å²) in [4.78, 5) is 6.39. The van der Waals surface area contributed by atoms with Gasteiger partial charge in [-0.15, -0.1) is 0 Å². The minimum absolute atomic E-state index is 0.468. The van der Waals surface area contributed by atoms with Crippen LogP contribution < -0.4 is 5.32 Å². The van der Waals surface area contributed by atoms with Gasteiger partial charge in [-0.05, 0) is 38.2 Å². The van der Waals surface area contributed by atoms with Crippen molar-refractivity contribution in [1.29, 1.82) is 5.26 Å². The Hall–Kier alpha value is -1.60. The molecule has 0 bridgehead atoms. The maximum Gasteiger partial charge on any atom is 0.163 e. The molecule has 92 valence electrons. The van der Waals surface area contributed by atoms with Gasteiger partial charge in [-0.1, -0.05) is 13.8 Å². The van der Waals surface area contributed by atoms with Crippen molar-refractivity contribution in [2.75, 3.05) is 31.5 Å². The number of pyridine rings is 1. The molecule has 1 aromatic rings. The minimum atomic E-state index is 0.468. The van der Waals surface area contributed by atoms with Crippen molar-refractivity contribution in [3.05, 3.63) is 24.0 Å². The fraction of sp³-hybridized carbons (Fsp3) is 0.538.